The highest BCUT2D eigenvalue weighted by Crippen LogP contribution is 2.49. The van der Waals surface area contributed by atoms with Gasteiger partial charge in [-0.15, -0.1) is 0 Å². The lowest BCUT2D eigenvalue weighted by atomic mass is 9.65. The minimum Gasteiger partial charge on any atom is -0.493 e. The maximum atomic E-state index is 12.9. The smallest absolute Gasteiger partial charge is 0.321 e. The highest BCUT2D eigenvalue weighted by molar-refractivity contribution is 5.91. The first-order valence-corrected chi connectivity index (χ1v) is 11.4. The van der Waals surface area contributed by atoms with E-state index >= 15 is 0 Å². The number of anilines is 1. The van der Waals surface area contributed by atoms with Gasteiger partial charge < -0.3 is 19.7 Å². The molecule has 1 aliphatic heterocycles. The minimum absolute atomic E-state index is 0.0434. The maximum Gasteiger partial charge on any atom is 0.321 e. The summed E-state index contributed by atoms with van der Waals surface area (Å²) in [6, 6.07) is 14.9. The molecule has 4 rings (SSSR count). The van der Waals surface area contributed by atoms with Crippen LogP contribution in [0.1, 0.15) is 36.8 Å². The Morgan fingerprint density at radius 1 is 1.09 bits per heavy atom. The summed E-state index contributed by atoms with van der Waals surface area (Å²) in [6.07, 6.45) is 4.06. The van der Waals surface area contributed by atoms with Gasteiger partial charge in [0.05, 0.1) is 14.2 Å². The molecule has 172 valence electrons. The summed E-state index contributed by atoms with van der Waals surface area (Å²) in [5, 5.41) is 3.29. The molecule has 1 heterocycles. The lowest BCUT2D eigenvalue weighted by Gasteiger charge is -2.45. The zero-order chi connectivity index (χ0) is 22.9. The van der Waals surface area contributed by atoms with Gasteiger partial charge in [-0.3, -0.25) is 4.90 Å². The molecule has 1 aliphatic carbocycles. The number of hydrogen-bond donors (Lipinski definition) is 1. The van der Waals surface area contributed by atoms with Gasteiger partial charge in [-0.05, 0) is 76.0 Å². The van der Waals surface area contributed by atoms with E-state index in [1.165, 1.54) is 11.1 Å². The number of likely N-dealkylation sites (N-methyl/N-ethyl adjacent to an activating group) is 1. The van der Waals surface area contributed by atoms with E-state index < -0.39 is 0 Å². The summed E-state index contributed by atoms with van der Waals surface area (Å²) in [4.78, 5) is 17.1. The Labute approximate surface area is 191 Å². The fraction of sp³-hybridized carbons (Fsp3) is 0.500. The molecule has 1 N–H and O–H groups in total. The summed E-state index contributed by atoms with van der Waals surface area (Å²) in [6.45, 7) is 3.11. The number of ether oxygens (including phenoxy) is 2. The van der Waals surface area contributed by atoms with Crippen molar-refractivity contribution >= 4 is 11.7 Å². The molecular formula is C26H35N3O3. The molecule has 2 aliphatic rings. The molecule has 6 nitrogen and oxygen atoms in total. The van der Waals surface area contributed by atoms with Crippen molar-refractivity contribution in [3.8, 4) is 11.5 Å². The molecule has 6 heteroatoms. The molecule has 0 aromatic heterocycles. The van der Waals surface area contributed by atoms with Gasteiger partial charge in [-0.2, -0.15) is 0 Å². The monoisotopic (exact) mass is 437 g/mol. The highest BCUT2D eigenvalue weighted by Gasteiger charge is 2.50. The van der Waals surface area contributed by atoms with Crippen LogP contribution in [0.5, 0.6) is 11.5 Å². The zero-order valence-corrected chi connectivity index (χ0v) is 19.9. The van der Waals surface area contributed by atoms with Crippen LogP contribution in [0.3, 0.4) is 0 Å². The van der Waals surface area contributed by atoms with Crippen LogP contribution in [0.4, 0.5) is 10.5 Å². The number of benzene rings is 2. The van der Waals surface area contributed by atoms with Crippen LogP contribution in [-0.2, 0) is 5.41 Å². The summed E-state index contributed by atoms with van der Waals surface area (Å²) in [5.41, 5.74) is 3.48. The first kappa shape index (κ1) is 22.5. The molecule has 2 amide bonds. The van der Waals surface area contributed by atoms with Crippen molar-refractivity contribution in [1.29, 1.82) is 0 Å². The van der Waals surface area contributed by atoms with Gasteiger partial charge in [-0.1, -0.05) is 23.8 Å². The molecule has 0 bridgehead atoms. The minimum atomic E-state index is -0.0434. The number of carbonyl (C=O) groups excluding carboxylic acids is 1. The molecule has 0 spiro atoms. The molecule has 3 unspecified atom stereocenters. The number of nitrogens with zero attached hydrogens (tertiary/aromatic N) is 2. The third-order valence-corrected chi connectivity index (χ3v) is 7.54. The van der Waals surface area contributed by atoms with Crippen molar-refractivity contribution < 1.29 is 14.3 Å². The quantitative estimate of drug-likeness (QED) is 0.756. The third-order valence-electron chi connectivity index (χ3n) is 7.54. The summed E-state index contributed by atoms with van der Waals surface area (Å²) < 4.78 is 11.0. The van der Waals surface area contributed by atoms with Gasteiger partial charge in [-0.25, -0.2) is 4.79 Å². The number of methoxy groups -OCH3 is 2. The van der Waals surface area contributed by atoms with Gasteiger partial charge >= 0.3 is 6.03 Å². The van der Waals surface area contributed by atoms with Crippen molar-refractivity contribution in [3.05, 3.63) is 53.6 Å². The van der Waals surface area contributed by atoms with E-state index in [-0.39, 0.29) is 17.5 Å². The average molecular weight is 438 g/mol. The second kappa shape index (κ2) is 9.02. The predicted molar refractivity (Wildman–Crippen MR) is 128 cm³/mol. The van der Waals surface area contributed by atoms with Crippen LogP contribution >= 0.6 is 0 Å². The van der Waals surface area contributed by atoms with Crippen LogP contribution in [0.2, 0.25) is 0 Å². The number of fused-ring (bicyclic) bond motifs is 1. The van der Waals surface area contributed by atoms with E-state index in [1.807, 2.05) is 37.4 Å². The van der Waals surface area contributed by atoms with Gasteiger partial charge in [0.1, 0.15) is 0 Å². The van der Waals surface area contributed by atoms with Crippen LogP contribution in [-0.4, -0.2) is 57.9 Å². The Kier molecular flexibility index (Phi) is 6.33. The Balaban J connectivity index is 1.50. The normalized spacial score (nSPS) is 25.2. The Morgan fingerprint density at radius 3 is 2.50 bits per heavy atom. The van der Waals surface area contributed by atoms with E-state index in [2.05, 4.69) is 36.3 Å². The average Bonchev–Trinajstić information content (AvgIpc) is 3.15. The number of likely N-dealkylation sites (tertiary alicyclic amines) is 1. The number of carbonyl (C=O) groups is 1. The highest BCUT2D eigenvalue weighted by atomic mass is 16.5. The van der Waals surface area contributed by atoms with Gasteiger partial charge in [0.15, 0.2) is 11.5 Å². The fourth-order valence-electron chi connectivity index (χ4n) is 5.55. The lowest BCUT2D eigenvalue weighted by molar-refractivity contribution is 0.155. The number of hydrogen-bond acceptors (Lipinski definition) is 4. The van der Waals surface area contributed by atoms with Crippen molar-refractivity contribution in [2.45, 2.75) is 50.1 Å². The Bertz CT molecular complexity index is 961. The second-order valence-corrected chi connectivity index (χ2v) is 9.29. The molecule has 0 radical (unpaired) electrons. The van der Waals surface area contributed by atoms with Crippen LogP contribution < -0.4 is 19.7 Å². The largest absolute Gasteiger partial charge is 0.493 e. The molecule has 2 aromatic carbocycles. The van der Waals surface area contributed by atoms with Crippen molar-refractivity contribution in [2.75, 3.05) is 39.8 Å². The zero-order valence-electron chi connectivity index (χ0n) is 19.9. The van der Waals surface area contributed by atoms with Gasteiger partial charge in [0, 0.05) is 30.2 Å². The number of urea groups is 1. The summed E-state index contributed by atoms with van der Waals surface area (Å²) >= 11 is 0. The summed E-state index contributed by atoms with van der Waals surface area (Å²) in [7, 11) is 7.40. The first-order valence-electron chi connectivity index (χ1n) is 11.4. The number of aryl methyl sites for hydroxylation is 1. The molecular weight excluding hydrogens is 402 g/mol. The van der Waals surface area contributed by atoms with Crippen molar-refractivity contribution in [2.24, 2.45) is 0 Å². The molecule has 1 saturated heterocycles. The van der Waals surface area contributed by atoms with Crippen LogP contribution in [0.15, 0.2) is 42.5 Å². The molecule has 3 atom stereocenters. The second-order valence-electron chi connectivity index (χ2n) is 9.29. The van der Waals surface area contributed by atoms with E-state index in [4.69, 9.17) is 9.47 Å². The van der Waals surface area contributed by atoms with Crippen molar-refractivity contribution in [1.82, 2.24) is 10.2 Å². The molecule has 32 heavy (non-hydrogen) atoms. The van der Waals surface area contributed by atoms with E-state index in [0.29, 0.717) is 6.04 Å². The molecule has 1 saturated carbocycles. The SMILES string of the molecule is COc1ccc(C23CCC(NC(=O)N(C)c4ccc(C)cc4)CC2N(C)CC3)cc1OC. The lowest BCUT2D eigenvalue weighted by Crippen LogP contribution is -2.53. The predicted octanol–water partition coefficient (Wildman–Crippen LogP) is 4.35. The Hall–Kier alpha value is -2.73. The molecule has 2 fully saturated rings. The van der Waals surface area contributed by atoms with E-state index in [9.17, 15) is 4.79 Å². The van der Waals surface area contributed by atoms with Crippen LogP contribution in [0, 0.1) is 6.92 Å². The number of rotatable bonds is 5. The maximum absolute atomic E-state index is 12.9. The number of amides is 2. The summed E-state index contributed by atoms with van der Waals surface area (Å²) in [5.74, 6) is 1.54. The molecule has 2 aromatic rings. The van der Waals surface area contributed by atoms with Crippen LogP contribution in [0.25, 0.3) is 0 Å². The topological polar surface area (TPSA) is 54.0 Å². The fourth-order valence-corrected chi connectivity index (χ4v) is 5.55. The standard InChI is InChI=1S/C26H35N3O3/c1-18-6-9-21(10-7-18)29(3)25(30)27-20-12-13-26(14-15-28(2)24(26)17-20)19-8-11-22(31-4)23(16-19)32-5/h6-11,16,20,24H,12-15,17H2,1-5H3,(H,27,30). The van der Waals surface area contributed by atoms with Gasteiger partial charge in [0.2, 0.25) is 0 Å². The van der Waals surface area contributed by atoms with Gasteiger partial charge in [0.25, 0.3) is 0 Å². The van der Waals surface area contributed by atoms with E-state index in [0.717, 1.165) is 49.4 Å². The number of nitrogens with one attached hydrogen (secondary N) is 1. The van der Waals surface area contributed by atoms with Crippen molar-refractivity contribution in [3.63, 3.8) is 0 Å². The van der Waals surface area contributed by atoms with E-state index in [1.54, 1.807) is 19.1 Å². The third kappa shape index (κ3) is 4.04. The Morgan fingerprint density at radius 2 is 1.81 bits per heavy atom. The first-order chi connectivity index (χ1) is 15.4.